The highest BCUT2D eigenvalue weighted by Gasteiger charge is 2.11. The van der Waals surface area contributed by atoms with Gasteiger partial charge >= 0.3 is 0 Å². The maximum absolute atomic E-state index is 12.1. The first kappa shape index (κ1) is 12.4. The molecule has 0 saturated heterocycles. The summed E-state index contributed by atoms with van der Waals surface area (Å²) in [6.07, 6.45) is 0. The minimum atomic E-state index is -0.233. The molecule has 0 spiro atoms. The first-order valence-electron chi connectivity index (χ1n) is 6.22. The van der Waals surface area contributed by atoms with Gasteiger partial charge in [0.25, 0.3) is 5.91 Å². The number of fused-ring (bicyclic) bond motifs is 1. The molecule has 0 unspecified atom stereocenters. The number of aryl methyl sites for hydroxylation is 3. The van der Waals surface area contributed by atoms with E-state index in [2.05, 4.69) is 15.5 Å². The van der Waals surface area contributed by atoms with Crippen molar-refractivity contribution in [2.75, 3.05) is 5.32 Å². The van der Waals surface area contributed by atoms with Crippen LogP contribution in [0.1, 0.15) is 21.9 Å². The van der Waals surface area contributed by atoms with Gasteiger partial charge in [-0.25, -0.2) is 4.98 Å². The SMILES string of the molecule is Cc1cc(NC(=O)c2ccc3c(c2)nc(C)n3C)no1. The summed E-state index contributed by atoms with van der Waals surface area (Å²) in [4.78, 5) is 16.5. The van der Waals surface area contributed by atoms with E-state index in [9.17, 15) is 4.79 Å². The first-order chi connectivity index (χ1) is 9.54. The predicted octanol–water partition coefficient (Wildman–Crippen LogP) is 2.43. The lowest BCUT2D eigenvalue weighted by Crippen LogP contribution is -2.11. The first-order valence-corrected chi connectivity index (χ1v) is 6.22. The van der Waals surface area contributed by atoms with E-state index in [0.29, 0.717) is 17.1 Å². The van der Waals surface area contributed by atoms with Crippen LogP contribution in [0.2, 0.25) is 0 Å². The summed E-state index contributed by atoms with van der Waals surface area (Å²) in [5.41, 5.74) is 2.33. The fourth-order valence-electron chi connectivity index (χ4n) is 2.08. The third-order valence-corrected chi connectivity index (χ3v) is 3.24. The summed E-state index contributed by atoms with van der Waals surface area (Å²) in [6.45, 7) is 3.70. The van der Waals surface area contributed by atoms with Crippen LogP contribution in [-0.2, 0) is 7.05 Å². The molecule has 0 saturated carbocycles. The van der Waals surface area contributed by atoms with Crippen molar-refractivity contribution in [3.05, 3.63) is 41.4 Å². The molecule has 0 aliphatic rings. The number of hydrogen-bond donors (Lipinski definition) is 1. The van der Waals surface area contributed by atoms with Crippen LogP contribution in [-0.4, -0.2) is 20.6 Å². The number of aromatic nitrogens is 3. The van der Waals surface area contributed by atoms with E-state index in [0.717, 1.165) is 16.9 Å². The van der Waals surface area contributed by atoms with Crippen LogP contribution < -0.4 is 5.32 Å². The maximum atomic E-state index is 12.1. The molecule has 0 bridgehead atoms. The summed E-state index contributed by atoms with van der Waals surface area (Å²) in [5.74, 6) is 1.73. The number of benzene rings is 1. The second-order valence-electron chi connectivity index (χ2n) is 4.70. The molecule has 1 aromatic carbocycles. The number of rotatable bonds is 2. The largest absolute Gasteiger partial charge is 0.360 e. The summed E-state index contributed by atoms with van der Waals surface area (Å²) in [5, 5.41) is 6.42. The predicted molar refractivity (Wildman–Crippen MR) is 74.6 cm³/mol. The van der Waals surface area contributed by atoms with E-state index in [4.69, 9.17) is 4.52 Å². The Morgan fingerprint density at radius 2 is 2.10 bits per heavy atom. The third kappa shape index (κ3) is 2.05. The van der Waals surface area contributed by atoms with Crippen molar-refractivity contribution in [2.45, 2.75) is 13.8 Å². The van der Waals surface area contributed by atoms with Crippen molar-refractivity contribution in [3.63, 3.8) is 0 Å². The van der Waals surface area contributed by atoms with Crippen LogP contribution in [0.25, 0.3) is 11.0 Å². The van der Waals surface area contributed by atoms with Crippen LogP contribution in [0.3, 0.4) is 0 Å². The number of carbonyl (C=O) groups is 1. The summed E-state index contributed by atoms with van der Waals surface area (Å²) in [7, 11) is 1.95. The quantitative estimate of drug-likeness (QED) is 0.776. The average Bonchev–Trinajstić information content (AvgIpc) is 2.94. The molecule has 20 heavy (non-hydrogen) atoms. The van der Waals surface area contributed by atoms with Crippen molar-refractivity contribution < 1.29 is 9.32 Å². The molecular formula is C14H14N4O2. The smallest absolute Gasteiger partial charge is 0.256 e. The number of amides is 1. The maximum Gasteiger partial charge on any atom is 0.256 e. The van der Waals surface area contributed by atoms with Gasteiger partial charge in [-0.1, -0.05) is 5.16 Å². The highest BCUT2D eigenvalue weighted by molar-refractivity contribution is 6.05. The number of nitrogens with one attached hydrogen (secondary N) is 1. The Kier molecular flexibility index (Phi) is 2.78. The molecule has 2 aromatic heterocycles. The van der Waals surface area contributed by atoms with E-state index in [-0.39, 0.29) is 5.91 Å². The van der Waals surface area contributed by atoms with E-state index in [1.54, 1.807) is 25.1 Å². The third-order valence-electron chi connectivity index (χ3n) is 3.24. The van der Waals surface area contributed by atoms with Crippen molar-refractivity contribution in [3.8, 4) is 0 Å². The number of nitrogens with zero attached hydrogens (tertiary/aromatic N) is 3. The van der Waals surface area contributed by atoms with Gasteiger partial charge in [0.2, 0.25) is 0 Å². The van der Waals surface area contributed by atoms with Gasteiger partial charge in [0.1, 0.15) is 11.6 Å². The van der Waals surface area contributed by atoms with Crippen molar-refractivity contribution in [1.82, 2.24) is 14.7 Å². The van der Waals surface area contributed by atoms with Crippen molar-refractivity contribution in [1.29, 1.82) is 0 Å². The summed E-state index contributed by atoms with van der Waals surface area (Å²) >= 11 is 0. The molecule has 6 nitrogen and oxygen atoms in total. The molecule has 2 heterocycles. The number of hydrogen-bond acceptors (Lipinski definition) is 4. The highest BCUT2D eigenvalue weighted by atomic mass is 16.5. The second kappa shape index (κ2) is 4.48. The van der Waals surface area contributed by atoms with Gasteiger partial charge in [0, 0.05) is 18.7 Å². The van der Waals surface area contributed by atoms with E-state index >= 15 is 0 Å². The lowest BCUT2D eigenvalue weighted by molar-refractivity contribution is 0.102. The van der Waals surface area contributed by atoms with Crippen molar-refractivity contribution >= 4 is 22.8 Å². The summed E-state index contributed by atoms with van der Waals surface area (Å²) < 4.78 is 6.89. The topological polar surface area (TPSA) is 73.0 Å². The fraction of sp³-hybridized carbons (Fsp3) is 0.214. The molecule has 3 aromatic rings. The minimum absolute atomic E-state index is 0.233. The zero-order chi connectivity index (χ0) is 14.3. The fourth-order valence-corrected chi connectivity index (χ4v) is 2.08. The normalized spacial score (nSPS) is 10.9. The Morgan fingerprint density at radius 3 is 2.80 bits per heavy atom. The molecule has 0 aliphatic heterocycles. The number of imidazole rings is 1. The van der Waals surface area contributed by atoms with Crippen molar-refractivity contribution in [2.24, 2.45) is 7.05 Å². The van der Waals surface area contributed by atoms with Gasteiger partial charge in [-0.3, -0.25) is 4.79 Å². The summed E-state index contributed by atoms with van der Waals surface area (Å²) in [6, 6.07) is 7.09. The Bertz CT molecular complexity index is 801. The van der Waals surface area contributed by atoms with Gasteiger partial charge < -0.3 is 14.4 Å². The molecule has 0 fully saturated rings. The van der Waals surface area contributed by atoms with Gasteiger partial charge in [0.15, 0.2) is 5.82 Å². The Balaban J connectivity index is 1.91. The van der Waals surface area contributed by atoms with Crippen LogP contribution >= 0.6 is 0 Å². The minimum Gasteiger partial charge on any atom is -0.360 e. The average molecular weight is 270 g/mol. The van der Waals surface area contributed by atoms with Crippen LogP contribution in [0.4, 0.5) is 5.82 Å². The lowest BCUT2D eigenvalue weighted by atomic mass is 10.2. The Hall–Kier alpha value is -2.63. The molecule has 0 aliphatic carbocycles. The van der Waals surface area contributed by atoms with E-state index in [1.807, 2.05) is 24.6 Å². The van der Waals surface area contributed by atoms with Crippen LogP contribution in [0.15, 0.2) is 28.8 Å². The van der Waals surface area contributed by atoms with Crippen LogP contribution in [0.5, 0.6) is 0 Å². The van der Waals surface area contributed by atoms with Crippen LogP contribution in [0, 0.1) is 13.8 Å². The van der Waals surface area contributed by atoms with Gasteiger partial charge in [-0.15, -0.1) is 0 Å². The van der Waals surface area contributed by atoms with E-state index in [1.165, 1.54) is 0 Å². The lowest BCUT2D eigenvalue weighted by Gasteiger charge is -2.02. The molecule has 102 valence electrons. The molecule has 0 radical (unpaired) electrons. The molecule has 3 rings (SSSR count). The molecule has 1 amide bonds. The number of carbonyl (C=O) groups excluding carboxylic acids is 1. The Labute approximate surface area is 115 Å². The zero-order valence-corrected chi connectivity index (χ0v) is 11.5. The zero-order valence-electron chi connectivity index (χ0n) is 11.5. The van der Waals surface area contributed by atoms with Gasteiger partial charge in [-0.2, -0.15) is 0 Å². The van der Waals surface area contributed by atoms with Gasteiger partial charge in [-0.05, 0) is 32.0 Å². The number of anilines is 1. The highest BCUT2D eigenvalue weighted by Crippen LogP contribution is 2.17. The monoisotopic (exact) mass is 270 g/mol. The van der Waals surface area contributed by atoms with E-state index < -0.39 is 0 Å². The molecule has 0 atom stereocenters. The Morgan fingerprint density at radius 1 is 1.30 bits per heavy atom. The second-order valence-corrected chi connectivity index (χ2v) is 4.70. The molecular weight excluding hydrogens is 256 g/mol. The van der Waals surface area contributed by atoms with Gasteiger partial charge in [0.05, 0.1) is 11.0 Å². The standard InChI is InChI=1S/C14H14N4O2/c1-8-6-13(17-20-8)16-14(19)10-4-5-12-11(7-10)15-9(2)18(12)3/h4-7H,1-3H3,(H,16,17,19). The molecule has 6 heteroatoms. The molecule has 1 N–H and O–H groups in total.